The molecule has 1 aromatic rings. The lowest BCUT2D eigenvalue weighted by molar-refractivity contribution is -0.286. The number of carbonyl (C=O) groups excluding carboxylic acids is 1. The van der Waals surface area contributed by atoms with E-state index in [1.54, 1.807) is 7.05 Å². The first-order valence-corrected chi connectivity index (χ1v) is 5.05. The predicted molar refractivity (Wildman–Crippen MR) is 60.2 cm³/mol. The molecule has 0 amide bonds. The van der Waals surface area contributed by atoms with Crippen molar-refractivity contribution >= 4 is 17.7 Å². The summed E-state index contributed by atoms with van der Waals surface area (Å²) in [5.41, 5.74) is 0.761. The van der Waals surface area contributed by atoms with Gasteiger partial charge < -0.3 is 9.47 Å². The Morgan fingerprint density at radius 1 is 1.39 bits per heavy atom. The number of ether oxygens (including phenoxy) is 2. The number of carbonyl (C=O) groups is 1. The van der Waals surface area contributed by atoms with Gasteiger partial charge in [0.1, 0.15) is 0 Å². The van der Waals surface area contributed by atoms with E-state index in [1.165, 1.54) is 30.1 Å². The minimum absolute atomic E-state index is 0.0340. The van der Waals surface area contributed by atoms with E-state index in [1.807, 2.05) is 0 Å². The molecular formula is C11H10F2N2O3. The molecule has 1 heterocycles. The number of fused-ring (bicyclic) bond motifs is 1. The fraction of sp³-hybridized carbons (Fsp3) is 0.273. The Balaban J connectivity index is 2.26. The average molecular weight is 256 g/mol. The van der Waals surface area contributed by atoms with Crippen molar-refractivity contribution in [3.63, 3.8) is 0 Å². The monoisotopic (exact) mass is 256 g/mol. The Morgan fingerprint density at radius 2 is 2.06 bits per heavy atom. The highest BCUT2D eigenvalue weighted by Crippen LogP contribution is 2.42. The molecule has 0 saturated heterocycles. The van der Waals surface area contributed by atoms with Gasteiger partial charge in [-0.2, -0.15) is 5.10 Å². The van der Waals surface area contributed by atoms with Crippen LogP contribution in [-0.4, -0.2) is 25.3 Å². The van der Waals surface area contributed by atoms with Gasteiger partial charge in [0.05, 0.1) is 11.4 Å². The second kappa shape index (κ2) is 4.25. The van der Waals surface area contributed by atoms with Gasteiger partial charge in [0.25, 0.3) is 0 Å². The van der Waals surface area contributed by atoms with Crippen molar-refractivity contribution in [1.29, 1.82) is 0 Å². The van der Waals surface area contributed by atoms with Gasteiger partial charge in [0.15, 0.2) is 17.8 Å². The molecule has 0 aliphatic carbocycles. The second-order valence-electron chi connectivity index (χ2n) is 3.68. The lowest BCUT2D eigenvalue weighted by atomic mass is 10.3. The normalized spacial score (nSPS) is 16.6. The number of hydrazone groups is 1. The van der Waals surface area contributed by atoms with Gasteiger partial charge in [-0.3, -0.25) is 9.80 Å². The molecule has 0 saturated carbocycles. The van der Waals surface area contributed by atoms with Crippen molar-refractivity contribution in [2.24, 2.45) is 5.10 Å². The Bertz CT molecular complexity index is 517. The summed E-state index contributed by atoms with van der Waals surface area (Å²) in [5, 5.41) is 5.30. The van der Waals surface area contributed by atoms with Crippen LogP contribution in [0, 0.1) is 0 Å². The van der Waals surface area contributed by atoms with Crippen molar-refractivity contribution in [1.82, 2.24) is 0 Å². The van der Waals surface area contributed by atoms with E-state index in [2.05, 4.69) is 14.6 Å². The molecule has 5 nitrogen and oxygen atoms in total. The standard InChI is InChI=1S/C11H10F2N2O3/c1-7(6-16)14-15(2)8-3-4-9-10(5-8)18-11(12,13)17-9/h3-6H,1-2H3/b14-7+. The maximum atomic E-state index is 12.8. The summed E-state index contributed by atoms with van der Waals surface area (Å²) in [6, 6.07) is 4.25. The third kappa shape index (κ3) is 2.39. The molecule has 0 unspecified atom stereocenters. The first-order valence-electron chi connectivity index (χ1n) is 5.05. The van der Waals surface area contributed by atoms with Crippen LogP contribution >= 0.6 is 0 Å². The van der Waals surface area contributed by atoms with E-state index in [4.69, 9.17) is 0 Å². The molecule has 0 bridgehead atoms. The van der Waals surface area contributed by atoms with E-state index in [-0.39, 0.29) is 17.2 Å². The molecule has 0 aromatic heterocycles. The van der Waals surface area contributed by atoms with Crippen molar-refractivity contribution in [3.05, 3.63) is 18.2 Å². The number of hydrogen-bond acceptors (Lipinski definition) is 5. The molecule has 0 atom stereocenters. The van der Waals surface area contributed by atoms with Gasteiger partial charge in [-0.25, -0.2) is 0 Å². The van der Waals surface area contributed by atoms with Crippen LogP contribution in [-0.2, 0) is 4.79 Å². The average Bonchev–Trinajstić information content (AvgIpc) is 2.61. The SMILES string of the molecule is C/C(C=O)=N\N(C)c1ccc2c(c1)OC(F)(F)O2. The van der Waals surface area contributed by atoms with Gasteiger partial charge in [-0.1, -0.05) is 0 Å². The number of alkyl halides is 2. The summed E-state index contributed by atoms with van der Waals surface area (Å²) < 4.78 is 34.2. The highest BCUT2D eigenvalue weighted by atomic mass is 19.3. The summed E-state index contributed by atoms with van der Waals surface area (Å²) >= 11 is 0. The minimum Gasteiger partial charge on any atom is -0.395 e. The topological polar surface area (TPSA) is 51.1 Å². The number of benzene rings is 1. The molecule has 0 radical (unpaired) electrons. The van der Waals surface area contributed by atoms with Crippen LogP contribution in [0.5, 0.6) is 11.5 Å². The fourth-order valence-corrected chi connectivity index (χ4v) is 1.46. The lowest BCUT2D eigenvalue weighted by Gasteiger charge is -2.13. The minimum atomic E-state index is -3.64. The molecule has 96 valence electrons. The van der Waals surface area contributed by atoms with Crippen LogP contribution in [0.25, 0.3) is 0 Å². The Kier molecular flexibility index (Phi) is 2.90. The molecule has 2 rings (SSSR count). The van der Waals surface area contributed by atoms with Crippen LogP contribution in [0.15, 0.2) is 23.3 Å². The van der Waals surface area contributed by atoms with Gasteiger partial charge in [-0.15, -0.1) is 8.78 Å². The zero-order valence-electron chi connectivity index (χ0n) is 9.68. The molecule has 7 heteroatoms. The maximum Gasteiger partial charge on any atom is 0.586 e. The number of aldehydes is 1. The molecule has 1 aliphatic heterocycles. The second-order valence-corrected chi connectivity index (χ2v) is 3.68. The number of nitrogens with zero attached hydrogens (tertiary/aromatic N) is 2. The Hall–Kier alpha value is -2.18. The smallest absolute Gasteiger partial charge is 0.395 e. The zero-order chi connectivity index (χ0) is 13.3. The molecule has 1 aliphatic rings. The third-order valence-corrected chi connectivity index (χ3v) is 2.24. The Morgan fingerprint density at radius 3 is 2.72 bits per heavy atom. The van der Waals surface area contributed by atoms with E-state index >= 15 is 0 Å². The highest BCUT2D eigenvalue weighted by Gasteiger charge is 2.43. The number of halogens is 2. The van der Waals surface area contributed by atoms with Crippen LogP contribution < -0.4 is 14.5 Å². The zero-order valence-corrected chi connectivity index (χ0v) is 9.68. The third-order valence-electron chi connectivity index (χ3n) is 2.24. The van der Waals surface area contributed by atoms with Gasteiger partial charge in [0.2, 0.25) is 0 Å². The predicted octanol–water partition coefficient (Wildman–Crippen LogP) is 2.02. The summed E-state index contributed by atoms with van der Waals surface area (Å²) in [6.07, 6.45) is -3.04. The molecular weight excluding hydrogens is 246 g/mol. The molecule has 0 spiro atoms. The van der Waals surface area contributed by atoms with E-state index in [0.29, 0.717) is 12.0 Å². The van der Waals surface area contributed by atoms with Gasteiger partial charge >= 0.3 is 6.29 Å². The van der Waals surface area contributed by atoms with Crippen molar-refractivity contribution in [2.75, 3.05) is 12.1 Å². The molecule has 18 heavy (non-hydrogen) atoms. The largest absolute Gasteiger partial charge is 0.586 e. The molecule has 0 N–H and O–H groups in total. The quantitative estimate of drug-likeness (QED) is 0.471. The van der Waals surface area contributed by atoms with Crippen LogP contribution in [0.1, 0.15) is 6.92 Å². The first-order chi connectivity index (χ1) is 8.41. The van der Waals surface area contributed by atoms with Crippen molar-refractivity contribution in [2.45, 2.75) is 13.2 Å². The first kappa shape index (κ1) is 12.3. The van der Waals surface area contributed by atoms with E-state index < -0.39 is 6.29 Å². The highest BCUT2D eigenvalue weighted by molar-refractivity contribution is 6.27. The lowest BCUT2D eigenvalue weighted by Crippen LogP contribution is -2.25. The summed E-state index contributed by atoms with van der Waals surface area (Å²) in [5.74, 6) is -0.100. The van der Waals surface area contributed by atoms with E-state index in [0.717, 1.165) is 0 Å². The van der Waals surface area contributed by atoms with Gasteiger partial charge in [-0.05, 0) is 19.1 Å². The molecule has 1 aromatic carbocycles. The maximum absolute atomic E-state index is 12.8. The Labute approximate surface area is 102 Å². The van der Waals surface area contributed by atoms with Gasteiger partial charge in [0, 0.05) is 13.1 Å². The van der Waals surface area contributed by atoms with Crippen LogP contribution in [0.4, 0.5) is 14.5 Å². The number of hydrogen-bond donors (Lipinski definition) is 0. The molecule has 0 fully saturated rings. The van der Waals surface area contributed by atoms with Crippen LogP contribution in [0.2, 0.25) is 0 Å². The summed E-state index contributed by atoms with van der Waals surface area (Å²) in [4.78, 5) is 10.4. The van der Waals surface area contributed by atoms with Crippen molar-refractivity contribution < 1.29 is 23.0 Å². The van der Waals surface area contributed by atoms with E-state index in [9.17, 15) is 13.6 Å². The van der Waals surface area contributed by atoms with Crippen LogP contribution in [0.3, 0.4) is 0 Å². The fourth-order valence-electron chi connectivity index (χ4n) is 1.46. The number of rotatable bonds is 3. The number of anilines is 1. The summed E-state index contributed by atoms with van der Waals surface area (Å²) in [7, 11) is 1.59. The van der Waals surface area contributed by atoms with Crippen molar-refractivity contribution in [3.8, 4) is 11.5 Å². The summed E-state index contributed by atoms with van der Waals surface area (Å²) in [6.45, 7) is 1.53.